The van der Waals surface area contributed by atoms with E-state index in [4.69, 9.17) is 4.98 Å². The van der Waals surface area contributed by atoms with Crippen molar-refractivity contribution >= 4 is 11.5 Å². The number of aromatic amines is 1. The Morgan fingerprint density at radius 3 is 2.86 bits per heavy atom. The molecule has 7 heteroatoms. The van der Waals surface area contributed by atoms with Crippen LogP contribution in [-0.2, 0) is 0 Å². The molecule has 0 spiro atoms. The summed E-state index contributed by atoms with van der Waals surface area (Å²) in [6.45, 7) is 8.25. The highest BCUT2D eigenvalue weighted by atomic mass is 15.1. The number of fused-ring (bicyclic) bond motifs is 1. The van der Waals surface area contributed by atoms with Crippen LogP contribution in [0.5, 0.6) is 0 Å². The maximum Gasteiger partial charge on any atom is 0.137 e. The third kappa shape index (κ3) is 3.17. The van der Waals surface area contributed by atoms with Crippen molar-refractivity contribution in [2.45, 2.75) is 33.2 Å². The molecule has 1 fully saturated rings. The van der Waals surface area contributed by atoms with Crippen LogP contribution in [0.1, 0.15) is 23.4 Å². The van der Waals surface area contributed by atoms with Gasteiger partial charge in [0.05, 0.1) is 23.3 Å². The van der Waals surface area contributed by atoms with Crippen LogP contribution in [0.2, 0.25) is 0 Å². The van der Waals surface area contributed by atoms with Gasteiger partial charge in [-0.05, 0) is 57.5 Å². The molecule has 5 heterocycles. The summed E-state index contributed by atoms with van der Waals surface area (Å²) in [5.41, 5.74) is 8.37. The van der Waals surface area contributed by atoms with Crippen molar-refractivity contribution in [2.24, 2.45) is 0 Å². The summed E-state index contributed by atoms with van der Waals surface area (Å²) in [6, 6.07) is 8.66. The van der Waals surface area contributed by atoms with Gasteiger partial charge in [-0.1, -0.05) is 6.07 Å². The van der Waals surface area contributed by atoms with Crippen LogP contribution in [0.3, 0.4) is 0 Å². The van der Waals surface area contributed by atoms with E-state index in [2.05, 4.69) is 56.3 Å². The third-order valence-corrected chi connectivity index (χ3v) is 5.68. The highest BCUT2D eigenvalue weighted by Gasteiger charge is 2.17. The van der Waals surface area contributed by atoms with E-state index in [1.54, 1.807) is 0 Å². The first-order chi connectivity index (χ1) is 14.1. The number of anilines is 1. The highest BCUT2D eigenvalue weighted by molar-refractivity contribution is 5.74. The summed E-state index contributed by atoms with van der Waals surface area (Å²) < 4.78 is 2.12. The lowest BCUT2D eigenvalue weighted by Gasteiger charge is -2.13. The van der Waals surface area contributed by atoms with Crippen LogP contribution in [0.25, 0.3) is 28.2 Å². The second kappa shape index (κ2) is 7.00. The first kappa shape index (κ1) is 17.9. The Hall–Kier alpha value is -3.19. The molecule has 0 aromatic carbocycles. The number of H-pyrrole nitrogens is 1. The molecule has 29 heavy (non-hydrogen) atoms. The topological polar surface area (TPSA) is 82.9 Å². The first-order valence-corrected chi connectivity index (χ1v) is 10.0. The van der Waals surface area contributed by atoms with E-state index in [1.165, 1.54) is 5.56 Å². The van der Waals surface area contributed by atoms with Gasteiger partial charge in [0.15, 0.2) is 0 Å². The molecule has 0 aliphatic carbocycles. The zero-order chi connectivity index (χ0) is 20.0. The van der Waals surface area contributed by atoms with Crippen LogP contribution in [-0.4, -0.2) is 43.7 Å². The Balaban J connectivity index is 1.58. The van der Waals surface area contributed by atoms with Crippen molar-refractivity contribution in [2.75, 3.05) is 18.4 Å². The van der Waals surface area contributed by atoms with E-state index in [9.17, 15) is 0 Å². The molecular formula is C22H25N7. The minimum atomic E-state index is 0.432. The summed E-state index contributed by atoms with van der Waals surface area (Å²) in [5.74, 6) is 0.903. The predicted molar refractivity (Wildman–Crippen MR) is 115 cm³/mol. The van der Waals surface area contributed by atoms with Crippen molar-refractivity contribution < 1.29 is 0 Å². The van der Waals surface area contributed by atoms with Crippen molar-refractivity contribution in [3.8, 4) is 22.5 Å². The number of imidazole rings is 1. The van der Waals surface area contributed by atoms with Crippen LogP contribution >= 0.6 is 0 Å². The summed E-state index contributed by atoms with van der Waals surface area (Å²) in [6.07, 6.45) is 5.17. The van der Waals surface area contributed by atoms with Crippen molar-refractivity contribution in [1.29, 1.82) is 0 Å². The van der Waals surface area contributed by atoms with E-state index in [0.717, 1.165) is 64.9 Å². The third-order valence-electron chi connectivity index (χ3n) is 5.68. The molecule has 7 nitrogen and oxygen atoms in total. The van der Waals surface area contributed by atoms with Gasteiger partial charge >= 0.3 is 0 Å². The standard InChI is InChI=1S/C22H25N7/c1-13-9-21-24-11-19(29(21)12-17(13)22-14(2)27-28-15(22)3)18-5-4-6-20(26-18)25-16-7-8-23-10-16/h4-6,9,11-12,16,23H,7-8,10H2,1-3H3,(H,25,26)(H,27,28). The number of nitrogens with zero attached hydrogens (tertiary/aromatic N) is 4. The molecule has 1 aliphatic rings. The van der Waals surface area contributed by atoms with Gasteiger partial charge in [0.2, 0.25) is 0 Å². The smallest absolute Gasteiger partial charge is 0.137 e. The van der Waals surface area contributed by atoms with E-state index in [1.807, 2.05) is 31.3 Å². The molecule has 0 radical (unpaired) electrons. The fraction of sp³-hybridized carbons (Fsp3) is 0.318. The Morgan fingerprint density at radius 2 is 2.10 bits per heavy atom. The van der Waals surface area contributed by atoms with Crippen LogP contribution < -0.4 is 10.6 Å². The van der Waals surface area contributed by atoms with Crippen molar-refractivity contribution in [3.63, 3.8) is 0 Å². The number of rotatable bonds is 4. The second-order valence-electron chi connectivity index (χ2n) is 7.79. The van der Waals surface area contributed by atoms with Crippen LogP contribution in [0.4, 0.5) is 5.82 Å². The van der Waals surface area contributed by atoms with Crippen molar-refractivity contribution in [1.82, 2.24) is 29.9 Å². The van der Waals surface area contributed by atoms with E-state index >= 15 is 0 Å². The maximum absolute atomic E-state index is 4.86. The molecule has 1 unspecified atom stereocenters. The first-order valence-electron chi connectivity index (χ1n) is 10.0. The zero-order valence-corrected chi connectivity index (χ0v) is 17.0. The van der Waals surface area contributed by atoms with E-state index < -0.39 is 0 Å². The minimum absolute atomic E-state index is 0.432. The van der Waals surface area contributed by atoms with Gasteiger partial charge in [-0.2, -0.15) is 5.10 Å². The van der Waals surface area contributed by atoms with Crippen molar-refractivity contribution in [3.05, 3.63) is 53.6 Å². The molecule has 1 saturated heterocycles. The van der Waals surface area contributed by atoms with Gasteiger partial charge in [0.25, 0.3) is 0 Å². The largest absolute Gasteiger partial charge is 0.366 e. The summed E-state index contributed by atoms with van der Waals surface area (Å²) in [4.78, 5) is 9.49. The molecule has 1 aliphatic heterocycles. The number of aromatic nitrogens is 5. The van der Waals surface area contributed by atoms with Gasteiger partial charge in [0, 0.05) is 35.6 Å². The molecule has 1 atom stereocenters. The van der Waals surface area contributed by atoms with Gasteiger partial charge < -0.3 is 10.6 Å². The minimum Gasteiger partial charge on any atom is -0.366 e. The highest BCUT2D eigenvalue weighted by Crippen LogP contribution is 2.31. The van der Waals surface area contributed by atoms with Gasteiger partial charge in [-0.15, -0.1) is 0 Å². The molecule has 0 saturated carbocycles. The Labute approximate surface area is 169 Å². The lowest BCUT2D eigenvalue weighted by Crippen LogP contribution is -2.22. The van der Waals surface area contributed by atoms with Crippen LogP contribution in [0.15, 0.2) is 36.7 Å². The fourth-order valence-corrected chi connectivity index (χ4v) is 4.16. The lowest BCUT2D eigenvalue weighted by atomic mass is 10.0. The monoisotopic (exact) mass is 387 g/mol. The number of pyridine rings is 2. The normalized spacial score (nSPS) is 16.6. The van der Waals surface area contributed by atoms with Gasteiger partial charge in [0.1, 0.15) is 11.5 Å². The second-order valence-corrected chi connectivity index (χ2v) is 7.79. The molecule has 3 N–H and O–H groups in total. The predicted octanol–water partition coefficient (Wildman–Crippen LogP) is 3.49. The van der Waals surface area contributed by atoms with Gasteiger partial charge in [-0.3, -0.25) is 9.50 Å². The average molecular weight is 387 g/mol. The molecule has 4 aromatic heterocycles. The summed E-state index contributed by atoms with van der Waals surface area (Å²) in [5, 5.41) is 14.4. The number of hydrogen-bond donors (Lipinski definition) is 3. The number of aryl methyl sites for hydroxylation is 3. The molecule has 4 aromatic rings. The SMILES string of the molecule is Cc1cc2ncc(-c3cccc(NC4CCNC4)n3)n2cc1-c1c(C)n[nH]c1C. The fourth-order valence-electron chi connectivity index (χ4n) is 4.16. The average Bonchev–Trinajstić information content (AvgIpc) is 3.43. The number of nitrogens with one attached hydrogen (secondary N) is 3. The Bertz CT molecular complexity index is 1160. The quantitative estimate of drug-likeness (QED) is 0.499. The van der Waals surface area contributed by atoms with E-state index in [-0.39, 0.29) is 0 Å². The summed E-state index contributed by atoms with van der Waals surface area (Å²) in [7, 11) is 0. The lowest BCUT2D eigenvalue weighted by molar-refractivity contribution is 0.788. The molecule has 5 rings (SSSR count). The number of hydrogen-bond acceptors (Lipinski definition) is 5. The molecule has 148 valence electrons. The van der Waals surface area contributed by atoms with Crippen LogP contribution in [0, 0.1) is 20.8 Å². The Kier molecular flexibility index (Phi) is 4.32. The maximum atomic E-state index is 4.86. The Morgan fingerprint density at radius 1 is 1.21 bits per heavy atom. The molecular weight excluding hydrogens is 362 g/mol. The molecule has 0 bridgehead atoms. The van der Waals surface area contributed by atoms with Gasteiger partial charge in [-0.25, -0.2) is 9.97 Å². The zero-order valence-electron chi connectivity index (χ0n) is 17.0. The molecule has 0 amide bonds. The summed E-state index contributed by atoms with van der Waals surface area (Å²) >= 11 is 0. The van der Waals surface area contributed by atoms with E-state index in [0.29, 0.717) is 6.04 Å².